The molecule has 0 fully saturated rings. The third-order valence-electron chi connectivity index (χ3n) is 2.32. The van der Waals surface area contributed by atoms with E-state index in [1.807, 2.05) is 0 Å². The molecule has 1 aromatic rings. The molecule has 2 N–H and O–H groups in total. The number of aromatic nitrogens is 3. The Balaban J connectivity index is 2.40. The monoisotopic (exact) mass is 261 g/mol. The molecule has 17 heavy (non-hydrogen) atoms. The number of hydrogen-bond acceptors (Lipinski definition) is 5. The Morgan fingerprint density at radius 2 is 2.24 bits per heavy atom. The summed E-state index contributed by atoms with van der Waals surface area (Å²) in [6, 6.07) is 0. The zero-order chi connectivity index (χ0) is 12.9. The van der Waals surface area contributed by atoms with Gasteiger partial charge in [-0.3, -0.25) is 4.68 Å². The molecule has 1 heterocycles. The van der Waals surface area contributed by atoms with Crippen LogP contribution >= 0.6 is 0 Å². The van der Waals surface area contributed by atoms with Crippen LogP contribution in [0, 0.1) is 0 Å². The molecule has 1 aromatic heterocycles. The van der Waals surface area contributed by atoms with Crippen LogP contribution in [0.25, 0.3) is 0 Å². The lowest BCUT2D eigenvalue weighted by atomic mass is 10.4. The Bertz CT molecular complexity index is 442. The van der Waals surface area contributed by atoms with Gasteiger partial charge in [0.05, 0.1) is 5.25 Å². The smallest absolute Gasteiger partial charge is 0.215 e. The average Bonchev–Trinajstić information content (AvgIpc) is 2.64. The van der Waals surface area contributed by atoms with Crippen LogP contribution in [0.1, 0.15) is 12.7 Å². The maximum absolute atomic E-state index is 11.7. The topological polar surface area (TPSA) is 88.9 Å². The van der Waals surface area contributed by atoms with Crippen LogP contribution in [0.2, 0.25) is 0 Å². The van der Waals surface area contributed by atoms with Crippen molar-refractivity contribution >= 4 is 10.0 Å². The molecule has 0 aliphatic heterocycles. The SMILES string of the molecule is CNCC(C)S(=O)(=O)NCCc1ncn(C)n1. The van der Waals surface area contributed by atoms with Crippen molar-refractivity contribution in [3.05, 3.63) is 12.2 Å². The predicted octanol–water partition coefficient (Wildman–Crippen LogP) is -1.12. The number of nitrogens with zero attached hydrogens (tertiary/aromatic N) is 3. The van der Waals surface area contributed by atoms with E-state index >= 15 is 0 Å². The van der Waals surface area contributed by atoms with Crippen LogP contribution in [0.5, 0.6) is 0 Å². The minimum absolute atomic E-state index is 0.320. The molecule has 0 amide bonds. The Labute approximate surface area is 102 Å². The van der Waals surface area contributed by atoms with Gasteiger partial charge in [-0.15, -0.1) is 0 Å². The number of sulfonamides is 1. The van der Waals surface area contributed by atoms with Crippen LogP contribution in [-0.4, -0.2) is 48.6 Å². The van der Waals surface area contributed by atoms with Gasteiger partial charge in [0, 0.05) is 26.6 Å². The highest BCUT2D eigenvalue weighted by molar-refractivity contribution is 7.90. The quantitative estimate of drug-likeness (QED) is 0.649. The van der Waals surface area contributed by atoms with Gasteiger partial charge in [0.2, 0.25) is 10.0 Å². The van der Waals surface area contributed by atoms with Gasteiger partial charge in [0.25, 0.3) is 0 Å². The minimum atomic E-state index is -3.26. The maximum atomic E-state index is 11.7. The summed E-state index contributed by atoms with van der Waals surface area (Å²) in [5.41, 5.74) is 0. The van der Waals surface area contributed by atoms with Crippen LogP contribution in [0.3, 0.4) is 0 Å². The summed E-state index contributed by atoms with van der Waals surface area (Å²) in [7, 11) is 0.239. The van der Waals surface area contributed by atoms with Crippen molar-refractivity contribution in [1.29, 1.82) is 0 Å². The summed E-state index contributed by atoms with van der Waals surface area (Å²) in [5.74, 6) is 0.636. The first-order chi connectivity index (χ1) is 7.95. The molecular formula is C9H19N5O2S. The molecule has 1 atom stereocenters. The van der Waals surface area contributed by atoms with Gasteiger partial charge >= 0.3 is 0 Å². The number of hydrogen-bond donors (Lipinski definition) is 2. The second-order valence-corrected chi connectivity index (χ2v) is 6.08. The highest BCUT2D eigenvalue weighted by atomic mass is 32.2. The van der Waals surface area contributed by atoms with Gasteiger partial charge in [0.1, 0.15) is 6.33 Å². The highest BCUT2D eigenvalue weighted by Gasteiger charge is 2.19. The Morgan fingerprint density at radius 1 is 1.53 bits per heavy atom. The third kappa shape index (κ3) is 4.41. The standard InChI is InChI=1S/C9H19N5O2S/c1-8(6-10-2)17(15,16)12-5-4-9-11-7-14(3)13-9/h7-8,10,12H,4-6H2,1-3H3. The van der Waals surface area contributed by atoms with Crippen LogP contribution in [0.4, 0.5) is 0 Å². The average molecular weight is 261 g/mol. The molecule has 1 unspecified atom stereocenters. The zero-order valence-electron chi connectivity index (χ0n) is 10.3. The van der Waals surface area contributed by atoms with Crippen LogP contribution < -0.4 is 10.0 Å². The van der Waals surface area contributed by atoms with E-state index in [4.69, 9.17) is 0 Å². The van der Waals surface area contributed by atoms with E-state index in [-0.39, 0.29) is 0 Å². The van der Waals surface area contributed by atoms with Crippen molar-refractivity contribution in [3.63, 3.8) is 0 Å². The van der Waals surface area contributed by atoms with Gasteiger partial charge in [-0.25, -0.2) is 18.1 Å². The molecule has 0 saturated carbocycles. The molecule has 8 heteroatoms. The van der Waals surface area contributed by atoms with Gasteiger partial charge in [-0.05, 0) is 14.0 Å². The summed E-state index contributed by atoms with van der Waals surface area (Å²) >= 11 is 0. The van der Waals surface area contributed by atoms with Gasteiger partial charge in [-0.1, -0.05) is 0 Å². The molecule has 1 rings (SSSR count). The summed E-state index contributed by atoms with van der Waals surface area (Å²) in [4.78, 5) is 4.02. The van der Waals surface area contributed by atoms with E-state index in [0.29, 0.717) is 25.3 Å². The molecule has 0 saturated heterocycles. The van der Waals surface area contributed by atoms with E-state index < -0.39 is 15.3 Å². The summed E-state index contributed by atoms with van der Waals surface area (Å²) < 4.78 is 27.6. The van der Waals surface area contributed by atoms with Gasteiger partial charge < -0.3 is 5.32 Å². The zero-order valence-corrected chi connectivity index (χ0v) is 11.2. The van der Waals surface area contributed by atoms with Crippen LogP contribution in [0.15, 0.2) is 6.33 Å². The summed E-state index contributed by atoms with van der Waals surface area (Å²) in [6.07, 6.45) is 2.08. The first-order valence-corrected chi connectivity index (χ1v) is 6.98. The fourth-order valence-corrected chi connectivity index (χ4v) is 2.40. The lowest BCUT2D eigenvalue weighted by Gasteiger charge is -2.12. The Kier molecular flexibility index (Phi) is 5.03. The third-order valence-corrected chi connectivity index (χ3v) is 4.15. The van der Waals surface area contributed by atoms with Gasteiger partial charge in [0.15, 0.2) is 5.82 Å². The van der Waals surface area contributed by atoms with Crippen molar-refractivity contribution in [1.82, 2.24) is 24.8 Å². The van der Waals surface area contributed by atoms with E-state index in [0.717, 1.165) is 0 Å². The number of aryl methyl sites for hydroxylation is 1. The lowest BCUT2D eigenvalue weighted by molar-refractivity contribution is 0.563. The Hall–Kier alpha value is -0.990. The molecule has 0 aliphatic rings. The van der Waals surface area contributed by atoms with Crippen molar-refractivity contribution < 1.29 is 8.42 Å². The lowest BCUT2D eigenvalue weighted by Crippen LogP contribution is -2.38. The highest BCUT2D eigenvalue weighted by Crippen LogP contribution is 1.97. The maximum Gasteiger partial charge on any atom is 0.215 e. The summed E-state index contributed by atoms with van der Waals surface area (Å²) in [5, 5.41) is 6.45. The first kappa shape index (κ1) is 14.1. The van der Waals surface area contributed by atoms with Crippen molar-refractivity contribution in [2.45, 2.75) is 18.6 Å². The normalized spacial score (nSPS) is 13.8. The fraction of sp³-hybridized carbons (Fsp3) is 0.778. The second kappa shape index (κ2) is 6.08. The van der Waals surface area contributed by atoms with Crippen LogP contribution in [-0.2, 0) is 23.5 Å². The predicted molar refractivity (Wildman–Crippen MR) is 65.0 cm³/mol. The Morgan fingerprint density at radius 3 is 2.76 bits per heavy atom. The van der Waals surface area contributed by atoms with E-state index in [1.54, 1.807) is 32.0 Å². The van der Waals surface area contributed by atoms with E-state index in [1.165, 1.54) is 0 Å². The number of nitrogens with one attached hydrogen (secondary N) is 2. The second-order valence-electron chi connectivity index (χ2n) is 3.89. The molecule has 0 aromatic carbocycles. The summed E-state index contributed by atoms with van der Waals surface area (Å²) in [6.45, 7) is 2.41. The fourth-order valence-electron chi connectivity index (χ4n) is 1.34. The van der Waals surface area contributed by atoms with Crippen molar-refractivity contribution in [3.8, 4) is 0 Å². The largest absolute Gasteiger partial charge is 0.318 e. The molecule has 0 spiro atoms. The molecule has 98 valence electrons. The minimum Gasteiger partial charge on any atom is -0.318 e. The molecule has 0 aliphatic carbocycles. The van der Waals surface area contributed by atoms with Gasteiger partial charge in [-0.2, -0.15) is 5.10 Å². The van der Waals surface area contributed by atoms with Crippen molar-refractivity contribution in [2.24, 2.45) is 7.05 Å². The van der Waals surface area contributed by atoms with Crippen molar-refractivity contribution in [2.75, 3.05) is 20.1 Å². The first-order valence-electron chi connectivity index (χ1n) is 5.43. The molecular weight excluding hydrogens is 242 g/mol. The molecule has 0 radical (unpaired) electrons. The van der Waals surface area contributed by atoms with E-state index in [9.17, 15) is 8.42 Å². The molecule has 0 bridgehead atoms. The van der Waals surface area contributed by atoms with E-state index in [2.05, 4.69) is 20.1 Å². The number of rotatable bonds is 7. The molecule has 7 nitrogen and oxygen atoms in total.